The Kier molecular flexibility index (Phi) is 3.95. The number of likely N-dealkylation sites (tertiary alicyclic amines) is 1. The standard InChI is InChI=1S/C14H23NO5/c1-5-19-12(17)11-8-6-9(10(16)7-8)15(11)13(18)20-14(2,3)4/h8-11,16H,5-7H2,1-4H3/t8-,9-,10-,11+/m1/s1. The second kappa shape index (κ2) is 5.24. The Labute approximate surface area is 119 Å². The maximum absolute atomic E-state index is 12.3. The van der Waals surface area contributed by atoms with Gasteiger partial charge in [-0.25, -0.2) is 9.59 Å². The molecule has 0 spiro atoms. The quantitative estimate of drug-likeness (QED) is 0.774. The van der Waals surface area contributed by atoms with Crippen LogP contribution in [0.3, 0.4) is 0 Å². The molecule has 2 bridgehead atoms. The molecular formula is C14H23NO5. The highest BCUT2D eigenvalue weighted by Crippen LogP contribution is 2.43. The number of rotatable bonds is 2. The van der Waals surface area contributed by atoms with Gasteiger partial charge in [-0.2, -0.15) is 0 Å². The Hall–Kier alpha value is -1.30. The SMILES string of the molecule is CCOC(=O)[C@@H]1[C@H]2C[C@@H](O)[C@@H](C2)N1C(=O)OC(C)(C)C. The predicted octanol–water partition coefficient (Wildman–Crippen LogP) is 1.31. The molecule has 4 atom stereocenters. The molecule has 114 valence electrons. The molecule has 0 radical (unpaired) electrons. The number of piperidine rings is 1. The van der Waals surface area contributed by atoms with E-state index in [-0.39, 0.29) is 18.6 Å². The number of ether oxygens (including phenoxy) is 2. The zero-order chi connectivity index (χ0) is 15.1. The lowest BCUT2D eigenvalue weighted by atomic mass is 9.98. The van der Waals surface area contributed by atoms with Crippen LogP contribution >= 0.6 is 0 Å². The van der Waals surface area contributed by atoms with E-state index in [4.69, 9.17) is 9.47 Å². The van der Waals surface area contributed by atoms with Crippen LogP contribution in [-0.4, -0.2) is 52.5 Å². The van der Waals surface area contributed by atoms with Crippen molar-refractivity contribution in [2.45, 2.75) is 64.3 Å². The lowest BCUT2D eigenvalue weighted by Gasteiger charge is -2.37. The molecule has 0 aromatic carbocycles. The van der Waals surface area contributed by atoms with Gasteiger partial charge in [0, 0.05) is 0 Å². The molecule has 20 heavy (non-hydrogen) atoms. The molecular weight excluding hydrogens is 262 g/mol. The molecule has 1 saturated carbocycles. The summed E-state index contributed by atoms with van der Waals surface area (Å²) in [7, 11) is 0. The molecule has 2 rings (SSSR count). The van der Waals surface area contributed by atoms with Crippen molar-refractivity contribution < 1.29 is 24.2 Å². The average Bonchev–Trinajstić information content (AvgIpc) is 2.82. The minimum Gasteiger partial charge on any atom is -0.464 e. The Balaban J connectivity index is 2.18. The molecule has 1 aliphatic carbocycles. The smallest absolute Gasteiger partial charge is 0.411 e. The van der Waals surface area contributed by atoms with E-state index in [1.165, 1.54) is 4.90 Å². The van der Waals surface area contributed by atoms with Gasteiger partial charge in [-0.1, -0.05) is 0 Å². The largest absolute Gasteiger partial charge is 0.464 e. The van der Waals surface area contributed by atoms with Gasteiger partial charge in [0.05, 0.1) is 18.8 Å². The van der Waals surface area contributed by atoms with Gasteiger partial charge in [-0.05, 0) is 46.5 Å². The highest BCUT2D eigenvalue weighted by molar-refractivity contribution is 5.83. The third-order valence-corrected chi connectivity index (χ3v) is 3.77. The number of carbonyl (C=O) groups excluding carboxylic acids is 2. The van der Waals surface area contributed by atoms with Crippen LogP contribution in [0.2, 0.25) is 0 Å². The van der Waals surface area contributed by atoms with Crippen LogP contribution in [0.25, 0.3) is 0 Å². The van der Waals surface area contributed by atoms with Crippen molar-refractivity contribution in [3.05, 3.63) is 0 Å². The van der Waals surface area contributed by atoms with E-state index in [1.54, 1.807) is 27.7 Å². The third kappa shape index (κ3) is 2.75. The van der Waals surface area contributed by atoms with Crippen LogP contribution < -0.4 is 0 Å². The number of amides is 1. The Bertz CT molecular complexity index is 403. The number of carbonyl (C=O) groups is 2. The normalized spacial score (nSPS) is 32.4. The van der Waals surface area contributed by atoms with E-state index in [0.717, 1.165) is 0 Å². The second-order valence-electron chi connectivity index (χ2n) is 6.45. The summed E-state index contributed by atoms with van der Waals surface area (Å²) < 4.78 is 10.4. The van der Waals surface area contributed by atoms with E-state index < -0.39 is 29.8 Å². The van der Waals surface area contributed by atoms with Crippen LogP contribution in [0.1, 0.15) is 40.5 Å². The van der Waals surface area contributed by atoms with Gasteiger partial charge < -0.3 is 14.6 Å². The van der Waals surface area contributed by atoms with Crippen LogP contribution in [-0.2, 0) is 14.3 Å². The third-order valence-electron chi connectivity index (χ3n) is 3.77. The summed E-state index contributed by atoms with van der Waals surface area (Å²) in [5.74, 6) is -0.445. The summed E-state index contributed by atoms with van der Waals surface area (Å²) in [5.41, 5.74) is -0.636. The molecule has 1 heterocycles. The van der Waals surface area contributed by atoms with Crippen molar-refractivity contribution in [3.63, 3.8) is 0 Å². The predicted molar refractivity (Wildman–Crippen MR) is 71.0 cm³/mol. The topological polar surface area (TPSA) is 76.1 Å². The van der Waals surface area contributed by atoms with Crippen molar-refractivity contribution >= 4 is 12.1 Å². The van der Waals surface area contributed by atoms with E-state index in [9.17, 15) is 14.7 Å². The van der Waals surface area contributed by atoms with Gasteiger partial charge in [0.1, 0.15) is 11.6 Å². The number of fused-ring (bicyclic) bond motifs is 2. The Morgan fingerprint density at radius 2 is 1.95 bits per heavy atom. The van der Waals surface area contributed by atoms with E-state index in [0.29, 0.717) is 12.8 Å². The fourth-order valence-electron chi connectivity index (χ4n) is 3.12. The summed E-state index contributed by atoms with van der Waals surface area (Å²) >= 11 is 0. The minimum atomic E-state index is -0.636. The van der Waals surface area contributed by atoms with Gasteiger partial charge in [-0.3, -0.25) is 4.90 Å². The van der Waals surface area contributed by atoms with Crippen molar-refractivity contribution in [2.24, 2.45) is 5.92 Å². The lowest BCUT2D eigenvalue weighted by molar-refractivity contribution is -0.152. The maximum atomic E-state index is 12.3. The average molecular weight is 285 g/mol. The van der Waals surface area contributed by atoms with Gasteiger partial charge in [0.25, 0.3) is 0 Å². The molecule has 6 nitrogen and oxygen atoms in total. The second-order valence-corrected chi connectivity index (χ2v) is 6.45. The molecule has 0 unspecified atom stereocenters. The summed E-state index contributed by atoms with van der Waals surface area (Å²) in [5, 5.41) is 9.96. The molecule has 0 aromatic heterocycles. The summed E-state index contributed by atoms with van der Waals surface area (Å²) in [6, 6.07) is -0.970. The zero-order valence-corrected chi connectivity index (χ0v) is 12.5. The first-order chi connectivity index (χ1) is 9.24. The molecule has 1 amide bonds. The van der Waals surface area contributed by atoms with Crippen LogP contribution in [0.15, 0.2) is 0 Å². The van der Waals surface area contributed by atoms with Crippen molar-refractivity contribution in [1.29, 1.82) is 0 Å². The Morgan fingerprint density at radius 1 is 1.30 bits per heavy atom. The van der Waals surface area contributed by atoms with Crippen LogP contribution in [0.4, 0.5) is 4.79 Å². The lowest BCUT2D eigenvalue weighted by Crippen LogP contribution is -2.55. The number of nitrogens with zero attached hydrogens (tertiary/aromatic N) is 1. The monoisotopic (exact) mass is 285 g/mol. The van der Waals surface area contributed by atoms with Crippen molar-refractivity contribution in [2.75, 3.05) is 6.61 Å². The highest BCUT2D eigenvalue weighted by atomic mass is 16.6. The maximum Gasteiger partial charge on any atom is 0.411 e. The van der Waals surface area contributed by atoms with Crippen molar-refractivity contribution in [3.8, 4) is 0 Å². The first kappa shape index (κ1) is 15.1. The molecule has 1 aliphatic heterocycles. The number of esters is 1. The van der Waals surface area contributed by atoms with Crippen molar-refractivity contribution in [1.82, 2.24) is 4.90 Å². The summed E-state index contributed by atoms with van der Waals surface area (Å²) in [4.78, 5) is 25.7. The number of hydrogen-bond acceptors (Lipinski definition) is 5. The Morgan fingerprint density at radius 3 is 2.50 bits per heavy atom. The van der Waals surface area contributed by atoms with E-state index in [1.807, 2.05) is 0 Å². The number of aliphatic hydroxyl groups excluding tert-OH is 1. The zero-order valence-electron chi connectivity index (χ0n) is 12.5. The number of aliphatic hydroxyl groups is 1. The van der Waals surface area contributed by atoms with Gasteiger partial charge in [-0.15, -0.1) is 0 Å². The van der Waals surface area contributed by atoms with Crippen LogP contribution in [0.5, 0.6) is 0 Å². The molecule has 1 saturated heterocycles. The first-order valence-electron chi connectivity index (χ1n) is 7.10. The minimum absolute atomic E-state index is 0.0402. The highest BCUT2D eigenvalue weighted by Gasteiger charge is 2.57. The number of hydrogen-bond donors (Lipinski definition) is 1. The fourth-order valence-corrected chi connectivity index (χ4v) is 3.12. The van der Waals surface area contributed by atoms with Crippen LogP contribution in [0, 0.1) is 5.92 Å². The summed E-state index contributed by atoms with van der Waals surface area (Å²) in [6.45, 7) is 7.33. The van der Waals surface area contributed by atoms with E-state index >= 15 is 0 Å². The van der Waals surface area contributed by atoms with Gasteiger partial charge in [0.15, 0.2) is 0 Å². The van der Waals surface area contributed by atoms with Gasteiger partial charge in [0.2, 0.25) is 0 Å². The molecule has 6 heteroatoms. The molecule has 2 aliphatic rings. The fraction of sp³-hybridized carbons (Fsp3) is 0.857. The molecule has 2 fully saturated rings. The summed E-state index contributed by atoms with van der Waals surface area (Å²) in [6.07, 6.45) is 0.0251. The van der Waals surface area contributed by atoms with Gasteiger partial charge >= 0.3 is 12.1 Å². The van der Waals surface area contributed by atoms with E-state index in [2.05, 4.69) is 0 Å². The molecule has 0 aromatic rings. The molecule has 1 N–H and O–H groups in total. The first-order valence-corrected chi connectivity index (χ1v) is 7.10.